The Balaban J connectivity index is 1.73. The number of benzene rings is 1. The van der Waals surface area contributed by atoms with Crippen molar-refractivity contribution in [3.63, 3.8) is 0 Å². The second-order valence-corrected chi connectivity index (χ2v) is 5.67. The summed E-state index contributed by atoms with van der Waals surface area (Å²) < 4.78 is 5.78. The lowest BCUT2D eigenvalue weighted by Gasteiger charge is -2.37. The average Bonchev–Trinajstić information content (AvgIpc) is 2.86. The maximum Gasteiger partial charge on any atom is 0.249 e. The van der Waals surface area contributed by atoms with E-state index < -0.39 is 0 Å². The van der Waals surface area contributed by atoms with Gasteiger partial charge in [-0.15, -0.1) is 10.2 Å². The predicted octanol–water partition coefficient (Wildman–Crippen LogP) is 2.57. The van der Waals surface area contributed by atoms with E-state index in [2.05, 4.69) is 27.3 Å². The summed E-state index contributed by atoms with van der Waals surface area (Å²) in [6.07, 6.45) is 1.11. The molecule has 3 rings (SSSR count). The van der Waals surface area contributed by atoms with Gasteiger partial charge in [0.2, 0.25) is 11.8 Å². The number of halogens is 1. The Hall–Kier alpha value is -1.43. The van der Waals surface area contributed by atoms with E-state index in [1.807, 2.05) is 24.3 Å². The lowest BCUT2D eigenvalue weighted by Crippen LogP contribution is -2.57. The van der Waals surface area contributed by atoms with Gasteiger partial charge < -0.3 is 9.73 Å². The number of rotatable bonds is 6. The van der Waals surface area contributed by atoms with Crippen LogP contribution in [-0.2, 0) is 6.54 Å². The highest BCUT2D eigenvalue weighted by Crippen LogP contribution is 2.26. The average molecular weight is 307 g/mol. The molecule has 1 aliphatic heterocycles. The van der Waals surface area contributed by atoms with Gasteiger partial charge >= 0.3 is 0 Å². The van der Waals surface area contributed by atoms with Crippen molar-refractivity contribution >= 4 is 11.6 Å². The zero-order valence-electron chi connectivity index (χ0n) is 12.1. The van der Waals surface area contributed by atoms with E-state index in [0.717, 1.165) is 31.6 Å². The summed E-state index contributed by atoms with van der Waals surface area (Å²) in [6.45, 7) is 5.98. The molecule has 1 aromatic carbocycles. The summed E-state index contributed by atoms with van der Waals surface area (Å²) in [5.41, 5.74) is 0.783. The lowest BCUT2D eigenvalue weighted by molar-refractivity contribution is 0.126. The molecule has 0 amide bonds. The Bertz CT molecular complexity index is 597. The number of nitrogens with one attached hydrogen (secondary N) is 1. The first-order valence-corrected chi connectivity index (χ1v) is 7.67. The summed E-state index contributed by atoms with van der Waals surface area (Å²) in [7, 11) is 0. The smallest absolute Gasteiger partial charge is 0.249 e. The van der Waals surface area contributed by atoms with Crippen molar-refractivity contribution in [3.8, 4) is 11.5 Å². The van der Waals surface area contributed by atoms with E-state index in [1.54, 1.807) is 0 Å². The first-order chi connectivity index (χ1) is 10.3. The van der Waals surface area contributed by atoms with Crippen molar-refractivity contribution < 1.29 is 4.42 Å². The highest BCUT2D eigenvalue weighted by molar-refractivity contribution is 6.33. The molecule has 2 heterocycles. The maximum absolute atomic E-state index is 6.16. The molecule has 5 nitrogen and oxygen atoms in total. The Morgan fingerprint density at radius 2 is 2.14 bits per heavy atom. The minimum absolute atomic E-state index is 0.485. The van der Waals surface area contributed by atoms with E-state index in [4.69, 9.17) is 16.0 Å². The molecule has 1 saturated heterocycles. The van der Waals surface area contributed by atoms with Crippen molar-refractivity contribution in [3.05, 3.63) is 35.2 Å². The molecule has 1 fully saturated rings. The van der Waals surface area contributed by atoms with Gasteiger partial charge in [0.1, 0.15) is 0 Å². The second kappa shape index (κ2) is 6.56. The largest absolute Gasteiger partial charge is 0.419 e. The summed E-state index contributed by atoms with van der Waals surface area (Å²) in [5, 5.41) is 12.2. The van der Waals surface area contributed by atoms with E-state index in [-0.39, 0.29) is 0 Å². The Morgan fingerprint density at radius 1 is 1.33 bits per heavy atom. The first-order valence-electron chi connectivity index (χ1n) is 7.30. The normalized spacial score (nSPS) is 15.4. The highest BCUT2D eigenvalue weighted by Gasteiger charge is 2.25. The third-order valence-electron chi connectivity index (χ3n) is 3.70. The Morgan fingerprint density at radius 3 is 2.81 bits per heavy atom. The van der Waals surface area contributed by atoms with Crippen LogP contribution in [0.25, 0.3) is 11.5 Å². The molecule has 0 saturated carbocycles. The van der Waals surface area contributed by atoms with Crippen LogP contribution in [0.4, 0.5) is 0 Å². The van der Waals surface area contributed by atoms with Crippen LogP contribution in [0.15, 0.2) is 28.7 Å². The lowest BCUT2D eigenvalue weighted by atomic mass is 10.1. The SMILES string of the molecule is CCCN(Cc1nnc(-c2ccccc2Cl)o1)C1CNC1. The zero-order chi connectivity index (χ0) is 14.7. The van der Waals surface area contributed by atoms with Crippen LogP contribution in [0, 0.1) is 0 Å². The molecule has 0 spiro atoms. The predicted molar refractivity (Wildman–Crippen MR) is 82.1 cm³/mol. The standard InChI is InChI=1S/C15H19ClN4O/c1-2-7-20(11-8-17-9-11)10-14-18-19-15(21-14)12-5-3-4-6-13(12)16/h3-6,11,17H,2,7-10H2,1H3. The summed E-state index contributed by atoms with van der Waals surface area (Å²) in [6, 6.07) is 8.08. The van der Waals surface area contributed by atoms with Crippen LogP contribution in [0.5, 0.6) is 0 Å². The topological polar surface area (TPSA) is 54.2 Å². The van der Waals surface area contributed by atoms with Gasteiger partial charge in [0.15, 0.2) is 0 Å². The van der Waals surface area contributed by atoms with Gasteiger partial charge in [-0.1, -0.05) is 30.7 Å². The van der Waals surface area contributed by atoms with Gasteiger partial charge in [-0.3, -0.25) is 4.90 Å². The quantitative estimate of drug-likeness (QED) is 0.889. The summed E-state index contributed by atoms with van der Waals surface area (Å²) in [5.74, 6) is 1.13. The maximum atomic E-state index is 6.16. The van der Waals surface area contributed by atoms with E-state index in [0.29, 0.717) is 29.4 Å². The molecule has 0 atom stereocenters. The molecule has 1 aromatic heterocycles. The van der Waals surface area contributed by atoms with Crippen molar-refractivity contribution in [1.82, 2.24) is 20.4 Å². The fraction of sp³-hybridized carbons (Fsp3) is 0.467. The van der Waals surface area contributed by atoms with E-state index >= 15 is 0 Å². The van der Waals surface area contributed by atoms with Crippen LogP contribution in [0.2, 0.25) is 5.02 Å². The van der Waals surface area contributed by atoms with Crippen molar-refractivity contribution in [1.29, 1.82) is 0 Å². The van der Waals surface area contributed by atoms with Crippen LogP contribution in [0.1, 0.15) is 19.2 Å². The van der Waals surface area contributed by atoms with Crippen molar-refractivity contribution in [2.24, 2.45) is 0 Å². The Kier molecular flexibility index (Phi) is 4.53. The van der Waals surface area contributed by atoms with Gasteiger partial charge in [-0.25, -0.2) is 0 Å². The number of aromatic nitrogens is 2. The van der Waals surface area contributed by atoms with Crippen LogP contribution in [-0.4, -0.2) is 40.8 Å². The second-order valence-electron chi connectivity index (χ2n) is 5.26. The monoisotopic (exact) mass is 306 g/mol. The van der Waals surface area contributed by atoms with Crippen LogP contribution in [0.3, 0.4) is 0 Å². The molecule has 0 radical (unpaired) electrons. The molecule has 1 N–H and O–H groups in total. The molecule has 0 unspecified atom stereocenters. The van der Waals surface area contributed by atoms with Gasteiger partial charge in [0, 0.05) is 19.1 Å². The summed E-state index contributed by atoms with van der Waals surface area (Å²) >= 11 is 6.16. The van der Waals surface area contributed by atoms with Crippen LogP contribution >= 0.6 is 11.6 Å². The van der Waals surface area contributed by atoms with Crippen molar-refractivity contribution in [2.75, 3.05) is 19.6 Å². The third kappa shape index (κ3) is 3.26. The highest BCUT2D eigenvalue weighted by atomic mass is 35.5. The first kappa shape index (κ1) is 14.5. The van der Waals surface area contributed by atoms with Crippen molar-refractivity contribution in [2.45, 2.75) is 25.9 Å². The molecule has 2 aromatic rings. The molecule has 112 valence electrons. The van der Waals surface area contributed by atoms with Gasteiger partial charge in [-0.05, 0) is 25.1 Å². The minimum Gasteiger partial charge on any atom is -0.419 e. The molecule has 6 heteroatoms. The third-order valence-corrected chi connectivity index (χ3v) is 4.03. The fourth-order valence-electron chi connectivity index (χ4n) is 2.44. The fourth-order valence-corrected chi connectivity index (χ4v) is 2.66. The Labute approximate surface area is 129 Å². The van der Waals surface area contributed by atoms with Gasteiger partial charge in [-0.2, -0.15) is 0 Å². The zero-order valence-corrected chi connectivity index (χ0v) is 12.8. The van der Waals surface area contributed by atoms with Gasteiger partial charge in [0.05, 0.1) is 17.1 Å². The molecule has 0 bridgehead atoms. The van der Waals surface area contributed by atoms with Gasteiger partial charge in [0.25, 0.3) is 0 Å². The molecule has 1 aliphatic rings. The minimum atomic E-state index is 0.485. The van der Waals surface area contributed by atoms with E-state index in [9.17, 15) is 0 Å². The molecular formula is C15H19ClN4O. The number of nitrogens with zero attached hydrogens (tertiary/aromatic N) is 3. The number of hydrogen-bond acceptors (Lipinski definition) is 5. The molecule has 0 aliphatic carbocycles. The van der Waals surface area contributed by atoms with E-state index in [1.165, 1.54) is 0 Å². The van der Waals surface area contributed by atoms with Crippen LogP contribution < -0.4 is 5.32 Å². The molecule has 21 heavy (non-hydrogen) atoms. The summed E-state index contributed by atoms with van der Waals surface area (Å²) in [4.78, 5) is 2.39. The number of hydrogen-bond donors (Lipinski definition) is 1. The molecular weight excluding hydrogens is 288 g/mol.